The fourth-order valence-electron chi connectivity index (χ4n) is 7.15. The molecule has 7 aromatic carbocycles. The van der Waals surface area contributed by atoms with Crippen molar-refractivity contribution in [3.63, 3.8) is 0 Å². The van der Waals surface area contributed by atoms with Gasteiger partial charge in [-0.15, -0.1) is 11.3 Å². The van der Waals surface area contributed by atoms with Crippen LogP contribution in [0.4, 0.5) is 0 Å². The van der Waals surface area contributed by atoms with Gasteiger partial charge in [0.15, 0.2) is 0 Å². The molecule has 3 heteroatoms. The van der Waals surface area contributed by atoms with Gasteiger partial charge in [-0.3, -0.25) is 0 Å². The van der Waals surface area contributed by atoms with Crippen LogP contribution in [-0.2, 0) is 0 Å². The van der Waals surface area contributed by atoms with E-state index in [1.54, 1.807) is 0 Å². The SMILES string of the molecule is c1ccc(-c2ccc3c(c2)c2ccccc2n3-c2cccc(-c3cc4c5ccccc5oc4c4c3sc3ccccc34)c2)cc1. The van der Waals surface area contributed by atoms with Gasteiger partial charge in [-0.1, -0.05) is 103 Å². The van der Waals surface area contributed by atoms with Gasteiger partial charge in [-0.2, -0.15) is 0 Å². The molecule has 10 aromatic rings. The van der Waals surface area contributed by atoms with Crippen LogP contribution < -0.4 is 0 Å². The number of fused-ring (bicyclic) bond motifs is 10. The Bertz CT molecular complexity index is 2760. The first kappa shape index (κ1) is 24.8. The zero-order chi connectivity index (χ0) is 29.5. The summed E-state index contributed by atoms with van der Waals surface area (Å²) in [5, 5.41) is 7.28. The molecule has 210 valence electrons. The van der Waals surface area contributed by atoms with Crippen molar-refractivity contribution in [2.45, 2.75) is 0 Å². The Morgan fingerprint density at radius 1 is 0.467 bits per heavy atom. The van der Waals surface area contributed by atoms with Crippen molar-refractivity contribution in [1.82, 2.24) is 4.57 Å². The van der Waals surface area contributed by atoms with Gasteiger partial charge in [0.2, 0.25) is 0 Å². The standard InChI is InChI=1S/C42H25NOS/c1-2-11-26(12-3-1)27-21-22-37-34(24-27)30-15-4-7-18-36(30)43(37)29-14-10-13-28(23-29)33-25-35-31-16-5-8-19-38(31)44-41(35)40-32-17-6-9-20-39(32)45-42(33)40/h1-25H. The van der Waals surface area contributed by atoms with E-state index in [1.165, 1.54) is 64.2 Å². The zero-order valence-electron chi connectivity index (χ0n) is 24.2. The lowest BCUT2D eigenvalue weighted by Gasteiger charge is -2.12. The smallest absolute Gasteiger partial charge is 0.144 e. The van der Waals surface area contributed by atoms with E-state index < -0.39 is 0 Å². The molecule has 0 amide bonds. The molecule has 0 atom stereocenters. The average Bonchev–Trinajstić information content (AvgIpc) is 3.78. The molecule has 3 aromatic heterocycles. The first-order chi connectivity index (χ1) is 22.3. The highest BCUT2D eigenvalue weighted by Gasteiger charge is 2.20. The minimum atomic E-state index is 0.926. The Morgan fingerprint density at radius 3 is 2.11 bits per heavy atom. The Hall–Kier alpha value is -5.64. The molecule has 0 saturated heterocycles. The van der Waals surface area contributed by atoms with Crippen LogP contribution in [-0.4, -0.2) is 4.57 Å². The summed E-state index contributed by atoms with van der Waals surface area (Å²) < 4.78 is 11.5. The summed E-state index contributed by atoms with van der Waals surface area (Å²) in [7, 11) is 0. The molecule has 0 unspecified atom stereocenters. The minimum Gasteiger partial charge on any atom is -0.455 e. The van der Waals surface area contributed by atoms with Gasteiger partial charge in [0.25, 0.3) is 0 Å². The van der Waals surface area contributed by atoms with Crippen molar-refractivity contribution in [3.8, 4) is 27.9 Å². The summed E-state index contributed by atoms with van der Waals surface area (Å²) in [4.78, 5) is 0. The number of furan rings is 1. The van der Waals surface area contributed by atoms with Crippen molar-refractivity contribution in [2.75, 3.05) is 0 Å². The van der Waals surface area contributed by atoms with Crippen LogP contribution in [0.3, 0.4) is 0 Å². The number of para-hydroxylation sites is 2. The normalized spacial score (nSPS) is 12.0. The van der Waals surface area contributed by atoms with Crippen LogP contribution in [0.1, 0.15) is 0 Å². The first-order valence-electron chi connectivity index (χ1n) is 15.3. The monoisotopic (exact) mass is 591 g/mol. The number of thiophene rings is 1. The second-order valence-corrected chi connectivity index (χ2v) is 12.8. The van der Waals surface area contributed by atoms with Crippen molar-refractivity contribution >= 4 is 75.3 Å². The Labute approximate surface area is 263 Å². The van der Waals surface area contributed by atoms with Crippen LogP contribution in [0.5, 0.6) is 0 Å². The third-order valence-corrected chi connectivity index (χ3v) is 10.4. The predicted octanol–water partition coefficient (Wildman–Crippen LogP) is 12.4. The maximum absolute atomic E-state index is 6.55. The van der Waals surface area contributed by atoms with E-state index in [9.17, 15) is 0 Å². The topological polar surface area (TPSA) is 18.1 Å². The average molecular weight is 592 g/mol. The maximum atomic E-state index is 6.55. The minimum absolute atomic E-state index is 0.926. The fourth-order valence-corrected chi connectivity index (χ4v) is 8.39. The Balaban J connectivity index is 1.24. The van der Waals surface area contributed by atoms with Crippen LogP contribution >= 0.6 is 11.3 Å². The van der Waals surface area contributed by atoms with Crippen LogP contribution in [0.2, 0.25) is 0 Å². The molecular formula is C42H25NOS. The summed E-state index contributed by atoms with van der Waals surface area (Å²) in [6.07, 6.45) is 0. The van der Waals surface area contributed by atoms with Gasteiger partial charge in [0.1, 0.15) is 11.2 Å². The molecule has 0 bridgehead atoms. The van der Waals surface area contributed by atoms with Crippen LogP contribution in [0.15, 0.2) is 156 Å². The van der Waals surface area contributed by atoms with Crippen molar-refractivity contribution in [3.05, 3.63) is 152 Å². The number of benzene rings is 7. The van der Waals surface area contributed by atoms with Gasteiger partial charge < -0.3 is 8.98 Å². The molecule has 0 aliphatic carbocycles. The van der Waals surface area contributed by atoms with Gasteiger partial charge >= 0.3 is 0 Å². The van der Waals surface area contributed by atoms with Crippen molar-refractivity contribution < 1.29 is 4.42 Å². The Kier molecular flexibility index (Phi) is 5.19. The van der Waals surface area contributed by atoms with Gasteiger partial charge in [-0.25, -0.2) is 0 Å². The van der Waals surface area contributed by atoms with Gasteiger partial charge in [0.05, 0.1) is 11.0 Å². The third-order valence-electron chi connectivity index (χ3n) is 9.18. The van der Waals surface area contributed by atoms with Gasteiger partial charge in [-0.05, 0) is 65.2 Å². The number of nitrogens with zero attached hydrogens (tertiary/aromatic N) is 1. The molecule has 0 aliphatic heterocycles. The first-order valence-corrected chi connectivity index (χ1v) is 16.1. The second kappa shape index (κ2) is 9.43. The molecule has 0 N–H and O–H groups in total. The lowest BCUT2D eigenvalue weighted by molar-refractivity contribution is 0.673. The van der Waals surface area contributed by atoms with Crippen LogP contribution in [0, 0.1) is 0 Å². The molecular weight excluding hydrogens is 567 g/mol. The highest BCUT2D eigenvalue weighted by Crippen LogP contribution is 2.47. The molecule has 0 aliphatic rings. The lowest BCUT2D eigenvalue weighted by atomic mass is 9.98. The van der Waals surface area contributed by atoms with Gasteiger partial charge in [0, 0.05) is 53.0 Å². The number of hydrogen-bond donors (Lipinski definition) is 0. The van der Waals surface area contributed by atoms with E-state index in [4.69, 9.17) is 4.42 Å². The molecule has 0 spiro atoms. The molecule has 10 rings (SSSR count). The number of rotatable bonds is 3. The van der Waals surface area contributed by atoms with Crippen LogP contribution in [0.25, 0.3) is 91.9 Å². The second-order valence-electron chi connectivity index (χ2n) is 11.7. The maximum Gasteiger partial charge on any atom is 0.144 e. The van der Waals surface area contributed by atoms with E-state index in [-0.39, 0.29) is 0 Å². The zero-order valence-corrected chi connectivity index (χ0v) is 25.0. The van der Waals surface area contributed by atoms with E-state index in [2.05, 4.69) is 150 Å². The van der Waals surface area contributed by atoms with E-state index in [0.717, 1.165) is 27.6 Å². The fraction of sp³-hybridized carbons (Fsp3) is 0. The summed E-state index contributed by atoms with van der Waals surface area (Å²) in [6.45, 7) is 0. The summed E-state index contributed by atoms with van der Waals surface area (Å²) in [5.74, 6) is 0. The molecule has 2 nitrogen and oxygen atoms in total. The highest BCUT2D eigenvalue weighted by molar-refractivity contribution is 7.26. The van der Waals surface area contributed by atoms with E-state index in [1.807, 2.05) is 17.4 Å². The van der Waals surface area contributed by atoms with Crippen molar-refractivity contribution in [1.29, 1.82) is 0 Å². The predicted molar refractivity (Wildman–Crippen MR) is 192 cm³/mol. The summed E-state index contributed by atoms with van der Waals surface area (Å²) in [6, 6.07) is 54.7. The Morgan fingerprint density at radius 2 is 1.20 bits per heavy atom. The summed E-state index contributed by atoms with van der Waals surface area (Å²) in [5.41, 5.74) is 10.4. The molecule has 3 heterocycles. The lowest BCUT2D eigenvalue weighted by Crippen LogP contribution is -1.94. The molecule has 0 fully saturated rings. The van der Waals surface area contributed by atoms with Crippen molar-refractivity contribution in [2.24, 2.45) is 0 Å². The molecule has 0 radical (unpaired) electrons. The molecule has 45 heavy (non-hydrogen) atoms. The highest BCUT2D eigenvalue weighted by atomic mass is 32.1. The largest absolute Gasteiger partial charge is 0.455 e. The quantitative estimate of drug-likeness (QED) is 0.200. The van der Waals surface area contributed by atoms with E-state index >= 15 is 0 Å². The third kappa shape index (κ3) is 3.62. The van der Waals surface area contributed by atoms with E-state index in [0.29, 0.717) is 0 Å². The molecule has 0 saturated carbocycles. The number of aromatic nitrogens is 1. The number of hydrogen-bond acceptors (Lipinski definition) is 2. The summed E-state index contributed by atoms with van der Waals surface area (Å²) >= 11 is 1.85.